The number of rotatable bonds is 9. The van der Waals surface area contributed by atoms with E-state index >= 15 is 0 Å². The highest BCUT2D eigenvalue weighted by molar-refractivity contribution is 6.11. The number of nitrogens with zero attached hydrogens (tertiary/aromatic N) is 4. The zero-order valence-electron chi connectivity index (χ0n) is 16.3. The number of hydrogen-bond donors (Lipinski definition) is 0. The van der Waals surface area contributed by atoms with Crippen molar-refractivity contribution in [2.75, 3.05) is 13.1 Å². The fourth-order valence-corrected chi connectivity index (χ4v) is 2.94. The van der Waals surface area contributed by atoms with Crippen LogP contribution in [-0.4, -0.2) is 34.5 Å². The van der Waals surface area contributed by atoms with Gasteiger partial charge in [0.05, 0.1) is 0 Å². The first-order valence-corrected chi connectivity index (χ1v) is 9.70. The molecule has 0 saturated carbocycles. The van der Waals surface area contributed by atoms with E-state index in [1.807, 2.05) is 54.9 Å². The lowest BCUT2D eigenvalue weighted by atomic mass is 10.0. The smallest absolute Gasteiger partial charge is 0.0476 e. The molecule has 0 amide bonds. The van der Waals surface area contributed by atoms with Crippen LogP contribution in [-0.2, 0) is 12.8 Å². The Kier molecular flexibility index (Phi) is 7.62. The molecule has 0 unspecified atom stereocenters. The molecule has 0 aliphatic carbocycles. The van der Waals surface area contributed by atoms with Crippen LogP contribution < -0.4 is 0 Å². The quantitative estimate of drug-likeness (QED) is 0.517. The molecule has 0 atom stereocenters. The zero-order valence-corrected chi connectivity index (χ0v) is 16.3. The molecular formula is C24H26N4. The van der Waals surface area contributed by atoms with Gasteiger partial charge in [-0.2, -0.15) is 0 Å². The first-order chi connectivity index (χ1) is 13.8. The summed E-state index contributed by atoms with van der Waals surface area (Å²) in [4.78, 5) is 18.3. The number of aliphatic imine (C=N–C) groups is 2. The van der Waals surface area contributed by atoms with Gasteiger partial charge in [-0.25, -0.2) is 0 Å². The van der Waals surface area contributed by atoms with Crippen molar-refractivity contribution in [3.05, 3.63) is 96.1 Å². The minimum absolute atomic E-state index is 0.725. The Morgan fingerprint density at radius 1 is 0.714 bits per heavy atom. The topological polar surface area (TPSA) is 50.5 Å². The maximum absolute atomic E-state index is 4.88. The van der Waals surface area contributed by atoms with Crippen molar-refractivity contribution < 1.29 is 0 Å². The lowest BCUT2D eigenvalue weighted by Gasteiger charge is -2.08. The average Bonchev–Trinajstić information content (AvgIpc) is 2.75. The highest BCUT2D eigenvalue weighted by atomic mass is 14.8. The van der Waals surface area contributed by atoms with Crippen molar-refractivity contribution in [1.29, 1.82) is 0 Å². The molecule has 0 spiro atoms. The molecule has 4 nitrogen and oxygen atoms in total. The SMILES string of the molecule is CC(CC(=NCCc1ccccn1)c1ccccc1)=NCCc1ccccn1. The van der Waals surface area contributed by atoms with Crippen molar-refractivity contribution in [2.24, 2.45) is 9.98 Å². The maximum atomic E-state index is 4.88. The fourth-order valence-electron chi connectivity index (χ4n) is 2.94. The second kappa shape index (κ2) is 10.9. The Morgan fingerprint density at radius 3 is 1.86 bits per heavy atom. The lowest BCUT2D eigenvalue weighted by molar-refractivity contribution is 0.915. The number of benzene rings is 1. The van der Waals surface area contributed by atoms with Gasteiger partial charge in [0, 0.05) is 67.6 Å². The molecular weight excluding hydrogens is 344 g/mol. The summed E-state index contributed by atoms with van der Waals surface area (Å²) in [6.45, 7) is 3.55. The second-order valence-corrected chi connectivity index (χ2v) is 6.63. The summed E-state index contributed by atoms with van der Waals surface area (Å²) < 4.78 is 0. The van der Waals surface area contributed by atoms with Gasteiger partial charge in [0.15, 0.2) is 0 Å². The summed E-state index contributed by atoms with van der Waals surface area (Å²) in [5, 5.41) is 0. The molecule has 1 aromatic carbocycles. The van der Waals surface area contributed by atoms with E-state index in [9.17, 15) is 0 Å². The van der Waals surface area contributed by atoms with E-state index in [4.69, 9.17) is 9.98 Å². The number of pyridine rings is 2. The Labute approximate surface area is 167 Å². The average molecular weight is 371 g/mol. The van der Waals surface area contributed by atoms with Gasteiger partial charge in [-0.15, -0.1) is 0 Å². The highest BCUT2D eigenvalue weighted by Crippen LogP contribution is 2.08. The van der Waals surface area contributed by atoms with Crippen LogP contribution in [0.1, 0.15) is 30.3 Å². The van der Waals surface area contributed by atoms with Gasteiger partial charge >= 0.3 is 0 Å². The van der Waals surface area contributed by atoms with Crippen LogP contribution in [0.3, 0.4) is 0 Å². The van der Waals surface area contributed by atoms with Crippen molar-refractivity contribution in [2.45, 2.75) is 26.2 Å². The third-order valence-corrected chi connectivity index (χ3v) is 4.40. The molecule has 142 valence electrons. The summed E-state index contributed by atoms with van der Waals surface area (Å²) in [7, 11) is 0. The number of hydrogen-bond acceptors (Lipinski definition) is 4. The van der Waals surface area contributed by atoms with Crippen LogP contribution in [0.4, 0.5) is 0 Å². The van der Waals surface area contributed by atoms with Gasteiger partial charge in [-0.3, -0.25) is 20.0 Å². The van der Waals surface area contributed by atoms with Crippen LogP contribution in [0.15, 0.2) is 89.1 Å². The van der Waals surface area contributed by atoms with Crippen LogP contribution in [0, 0.1) is 0 Å². The van der Waals surface area contributed by atoms with Crippen LogP contribution >= 0.6 is 0 Å². The zero-order chi connectivity index (χ0) is 19.4. The van der Waals surface area contributed by atoms with E-state index in [1.54, 1.807) is 0 Å². The van der Waals surface area contributed by atoms with E-state index in [0.717, 1.165) is 60.7 Å². The minimum atomic E-state index is 0.725. The summed E-state index contributed by atoms with van der Waals surface area (Å²) in [5.74, 6) is 0. The van der Waals surface area contributed by atoms with Crippen molar-refractivity contribution in [3.63, 3.8) is 0 Å². The van der Waals surface area contributed by atoms with E-state index in [-0.39, 0.29) is 0 Å². The van der Waals surface area contributed by atoms with Gasteiger partial charge in [0.2, 0.25) is 0 Å². The van der Waals surface area contributed by atoms with Gasteiger partial charge in [-0.05, 0) is 36.8 Å². The highest BCUT2D eigenvalue weighted by Gasteiger charge is 2.06. The normalized spacial score (nSPS) is 12.2. The Morgan fingerprint density at radius 2 is 1.29 bits per heavy atom. The van der Waals surface area contributed by atoms with E-state index < -0.39 is 0 Å². The van der Waals surface area contributed by atoms with Crippen LogP contribution in [0.5, 0.6) is 0 Å². The Bertz CT molecular complexity index is 888. The van der Waals surface area contributed by atoms with E-state index in [1.165, 1.54) is 0 Å². The molecule has 0 fully saturated rings. The predicted octanol–water partition coefficient (Wildman–Crippen LogP) is 4.60. The lowest BCUT2D eigenvalue weighted by Crippen LogP contribution is -2.09. The molecule has 0 radical (unpaired) electrons. The molecule has 28 heavy (non-hydrogen) atoms. The fraction of sp³-hybridized carbons (Fsp3) is 0.250. The summed E-state index contributed by atoms with van der Waals surface area (Å²) >= 11 is 0. The van der Waals surface area contributed by atoms with Crippen molar-refractivity contribution >= 4 is 11.4 Å². The minimum Gasteiger partial charge on any atom is -0.294 e. The van der Waals surface area contributed by atoms with Crippen molar-refractivity contribution in [1.82, 2.24) is 9.97 Å². The number of aromatic nitrogens is 2. The molecule has 0 saturated heterocycles. The predicted molar refractivity (Wildman–Crippen MR) is 116 cm³/mol. The Hall–Kier alpha value is -3.14. The monoisotopic (exact) mass is 370 g/mol. The molecule has 2 heterocycles. The molecule has 0 aliphatic heterocycles. The summed E-state index contributed by atoms with van der Waals surface area (Å²) in [6, 6.07) is 22.3. The van der Waals surface area contributed by atoms with Gasteiger partial charge in [0.1, 0.15) is 0 Å². The van der Waals surface area contributed by atoms with Gasteiger partial charge in [-0.1, -0.05) is 42.5 Å². The van der Waals surface area contributed by atoms with Crippen LogP contribution in [0.25, 0.3) is 0 Å². The molecule has 3 rings (SSSR count). The standard InChI is InChI=1S/C24H26N4/c1-20(25-17-13-22-11-5-7-15-26-22)19-24(21-9-3-2-4-10-21)28-18-14-23-12-6-8-16-27-23/h2-12,15-16H,13-14,17-19H2,1H3. The largest absolute Gasteiger partial charge is 0.294 e. The molecule has 2 aromatic heterocycles. The van der Waals surface area contributed by atoms with E-state index in [2.05, 4.69) is 41.2 Å². The molecule has 0 N–H and O–H groups in total. The van der Waals surface area contributed by atoms with Crippen molar-refractivity contribution in [3.8, 4) is 0 Å². The van der Waals surface area contributed by atoms with Crippen LogP contribution in [0.2, 0.25) is 0 Å². The second-order valence-electron chi connectivity index (χ2n) is 6.63. The van der Waals surface area contributed by atoms with Gasteiger partial charge < -0.3 is 0 Å². The molecule has 0 bridgehead atoms. The molecule has 3 aromatic rings. The van der Waals surface area contributed by atoms with E-state index in [0.29, 0.717) is 0 Å². The summed E-state index contributed by atoms with van der Waals surface area (Å²) in [6.07, 6.45) is 6.11. The third-order valence-electron chi connectivity index (χ3n) is 4.40. The first-order valence-electron chi connectivity index (χ1n) is 9.70. The molecule has 4 heteroatoms. The maximum Gasteiger partial charge on any atom is 0.0476 e. The van der Waals surface area contributed by atoms with Gasteiger partial charge in [0.25, 0.3) is 0 Å². The third kappa shape index (κ3) is 6.54. The molecule has 0 aliphatic rings. The summed E-state index contributed by atoms with van der Waals surface area (Å²) in [5.41, 5.74) is 5.47. The first kappa shape index (κ1) is 19.6. The Balaban J connectivity index is 1.63.